The highest BCUT2D eigenvalue weighted by molar-refractivity contribution is 6.20. The van der Waals surface area contributed by atoms with Gasteiger partial charge in [-0.15, -0.1) is 0 Å². The van der Waals surface area contributed by atoms with Crippen LogP contribution in [0, 0.1) is 15.9 Å². The Balaban J connectivity index is 2.91. The number of hydrogen-bond acceptors (Lipinski definition) is 3. The third-order valence-electron chi connectivity index (χ3n) is 1.79. The van der Waals surface area contributed by atoms with E-state index < -0.39 is 10.7 Å². The molecule has 0 amide bonds. The molecule has 2 heterocycles. The number of halogens is 2. The minimum absolute atomic E-state index is 0.0339. The van der Waals surface area contributed by atoms with Gasteiger partial charge in [0.15, 0.2) is 5.82 Å². The molecule has 0 atom stereocenters. The van der Waals surface area contributed by atoms with E-state index >= 15 is 0 Å². The second-order valence-electron chi connectivity index (χ2n) is 2.60. The summed E-state index contributed by atoms with van der Waals surface area (Å²) in [6.07, 6.45) is 3.19. The summed E-state index contributed by atoms with van der Waals surface area (Å²) in [5, 5.41) is 10.6. The van der Waals surface area contributed by atoms with Gasteiger partial charge in [-0.2, -0.15) is 0 Å². The molecule has 0 spiro atoms. The molecule has 0 aliphatic carbocycles. The van der Waals surface area contributed by atoms with E-state index in [2.05, 4.69) is 4.98 Å². The molecule has 2 aromatic rings. The van der Waals surface area contributed by atoms with Crippen molar-refractivity contribution in [2.75, 3.05) is 0 Å². The number of nitrogens with zero attached hydrogens (tertiary/aromatic N) is 3. The highest BCUT2D eigenvalue weighted by Crippen LogP contribution is 2.29. The van der Waals surface area contributed by atoms with Gasteiger partial charge in [-0.3, -0.25) is 19.2 Å². The summed E-state index contributed by atoms with van der Waals surface area (Å²) in [5.41, 5.74) is -0.296. The Morgan fingerprint density at radius 1 is 1.57 bits per heavy atom. The SMILES string of the molecule is O=[N+]([O-])c1cn(Cl)c2c(F)cncc12. The van der Waals surface area contributed by atoms with E-state index in [9.17, 15) is 14.5 Å². The Kier molecular flexibility index (Phi) is 1.85. The fourth-order valence-corrected chi connectivity index (χ4v) is 1.48. The summed E-state index contributed by atoms with van der Waals surface area (Å²) in [4.78, 5) is 13.4. The van der Waals surface area contributed by atoms with E-state index in [-0.39, 0.29) is 16.6 Å². The number of fused-ring (bicyclic) bond motifs is 1. The molecule has 0 saturated carbocycles. The maximum absolute atomic E-state index is 13.1. The quantitative estimate of drug-likeness (QED) is 0.541. The predicted octanol–water partition coefficient (Wildman–Crippen LogP) is 2.09. The van der Waals surface area contributed by atoms with Crippen molar-refractivity contribution in [3.8, 4) is 0 Å². The van der Waals surface area contributed by atoms with Crippen molar-refractivity contribution in [1.29, 1.82) is 0 Å². The smallest absolute Gasteiger partial charge is 0.261 e. The number of aromatic nitrogens is 2. The molecule has 0 fully saturated rings. The zero-order chi connectivity index (χ0) is 10.3. The van der Waals surface area contributed by atoms with Crippen LogP contribution in [0.2, 0.25) is 0 Å². The van der Waals surface area contributed by atoms with E-state index in [1.54, 1.807) is 0 Å². The third kappa shape index (κ3) is 1.12. The summed E-state index contributed by atoms with van der Waals surface area (Å²) < 4.78 is 14.0. The van der Waals surface area contributed by atoms with Gasteiger partial charge in [-0.25, -0.2) is 4.39 Å². The zero-order valence-electron chi connectivity index (χ0n) is 6.65. The van der Waals surface area contributed by atoms with Gasteiger partial charge in [0.1, 0.15) is 17.1 Å². The van der Waals surface area contributed by atoms with Crippen molar-refractivity contribution in [1.82, 2.24) is 9.07 Å². The molecule has 0 bridgehead atoms. The van der Waals surface area contributed by atoms with E-state index in [1.165, 1.54) is 6.20 Å². The number of hydrogen-bond donors (Lipinski definition) is 0. The summed E-state index contributed by atoms with van der Waals surface area (Å²) in [6.45, 7) is 0. The first kappa shape index (κ1) is 8.89. The summed E-state index contributed by atoms with van der Waals surface area (Å²) in [7, 11) is 0. The molecule has 72 valence electrons. The molecule has 0 radical (unpaired) electrons. The largest absolute Gasteiger partial charge is 0.297 e. The summed E-state index contributed by atoms with van der Waals surface area (Å²) in [5.74, 6) is -0.689. The van der Waals surface area contributed by atoms with Crippen molar-refractivity contribution in [3.63, 3.8) is 0 Å². The van der Waals surface area contributed by atoms with Gasteiger partial charge in [-0.05, 0) is 0 Å². The van der Waals surface area contributed by atoms with E-state index in [4.69, 9.17) is 11.8 Å². The standard InChI is InChI=1S/C7H3ClFN3O2/c8-11-3-6(12(13)14)4-1-10-2-5(9)7(4)11/h1-3H. The topological polar surface area (TPSA) is 61.0 Å². The van der Waals surface area contributed by atoms with Crippen LogP contribution in [-0.4, -0.2) is 14.0 Å². The van der Waals surface area contributed by atoms with E-state index in [0.717, 1.165) is 16.5 Å². The number of nitro groups is 1. The molecule has 0 aliphatic heterocycles. The minimum Gasteiger partial charge on any atom is -0.261 e. The lowest BCUT2D eigenvalue weighted by atomic mass is 10.3. The lowest BCUT2D eigenvalue weighted by Crippen LogP contribution is -1.86. The van der Waals surface area contributed by atoms with Crippen LogP contribution >= 0.6 is 11.8 Å². The molecule has 2 rings (SSSR count). The van der Waals surface area contributed by atoms with Crippen molar-refractivity contribution < 1.29 is 9.31 Å². The first-order chi connectivity index (χ1) is 6.61. The van der Waals surface area contributed by atoms with Crippen LogP contribution in [0.5, 0.6) is 0 Å². The monoisotopic (exact) mass is 215 g/mol. The average Bonchev–Trinajstić information content (AvgIpc) is 2.45. The molecule has 0 unspecified atom stereocenters. The van der Waals surface area contributed by atoms with Crippen LogP contribution in [0.4, 0.5) is 10.1 Å². The van der Waals surface area contributed by atoms with Gasteiger partial charge >= 0.3 is 0 Å². The molecule has 14 heavy (non-hydrogen) atoms. The normalized spacial score (nSPS) is 10.7. The average molecular weight is 216 g/mol. The van der Waals surface area contributed by atoms with Crippen LogP contribution in [-0.2, 0) is 0 Å². The number of pyridine rings is 1. The van der Waals surface area contributed by atoms with Crippen LogP contribution in [0.1, 0.15) is 0 Å². The van der Waals surface area contributed by atoms with Gasteiger partial charge in [0.05, 0.1) is 11.1 Å². The Bertz CT molecular complexity index is 525. The fraction of sp³-hybridized carbons (Fsp3) is 0. The molecule has 2 aromatic heterocycles. The highest BCUT2D eigenvalue weighted by atomic mass is 35.5. The second-order valence-corrected chi connectivity index (χ2v) is 2.96. The lowest BCUT2D eigenvalue weighted by molar-refractivity contribution is -0.383. The molecule has 0 N–H and O–H groups in total. The Hall–Kier alpha value is -1.69. The predicted molar refractivity (Wildman–Crippen MR) is 47.6 cm³/mol. The van der Waals surface area contributed by atoms with Gasteiger partial charge in [0.2, 0.25) is 0 Å². The molecule has 0 aromatic carbocycles. The van der Waals surface area contributed by atoms with Crippen molar-refractivity contribution in [3.05, 3.63) is 34.5 Å². The fourth-order valence-electron chi connectivity index (χ4n) is 1.22. The van der Waals surface area contributed by atoms with E-state index in [0.29, 0.717) is 0 Å². The third-order valence-corrected chi connectivity index (χ3v) is 2.06. The Labute approximate surface area is 82.0 Å². The summed E-state index contributed by atoms with van der Waals surface area (Å²) >= 11 is 5.57. The van der Waals surface area contributed by atoms with Gasteiger partial charge < -0.3 is 0 Å². The maximum atomic E-state index is 13.1. The molecule has 5 nitrogen and oxygen atoms in total. The molecular weight excluding hydrogens is 213 g/mol. The summed E-state index contributed by atoms with van der Waals surface area (Å²) in [6, 6.07) is 0. The number of rotatable bonds is 1. The van der Waals surface area contributed by atoms with Crippen molar-refractivity contribution in [2.24, 2.45) is 0 Å². The first-order valence-electron chi connectivity index (χ1n) is 3.56. The molecular formula is C7H3ClFN3O2. The van der Waals surface area contributed by atoms with Crippen LogP contribution in [0.3, 0.4) is 0 Å². The van der Waals surface area contributed by atoms with Gasteiger partial charge in [-0.1, -0.05) is 0 Å². The van der Waals surface area contributed by atoms with E-state index in [1.807, 2.05) is 0 Å². The molecule has 0 aliphatic rings. The highest BCUT2D eigenvalue weighted by Gasteiger charge is 2.19. The zero-order valence-corrected chi connectivity index (χ0v) is 7.40. The maximum Gasteiger partial charge on any atom is 0.297 e. The second kappa shape index (κ2) is 2.91. The lowest BCUT2D eigenvalue weighted by Gasteiger charge is -1.92. The van der Waals surface area contributed by atoms with Gasteiger partial charge in [0.25, 0.3) is 5.69 Å². The van der Waals surface area contributed by atoms with Crippen LogP contribution < -0.4 is 0 Å². The van der Waals surface area contributed by atoms with Gasteiger partial charge in [0, 0.05) is 18.0 Å². The minimum atomic E-state index is -0.689. The molecule has 0 saturated heterocycles. The Morgan fingerprint density at radius 3 is 2.93 bits per heavy atom. The van der Waals surface area contributed by atoms with Crippen LogP contribution in [0.25, 0.3) is 10.9 Å². The molecule has 7 heteroatoms. The van der Waals surface area contributed by atoms with Crippen molar-refractivity contribution in [2.45, 2.75) is 0 Å². The Morgan fingerprint density at radius 2 is 2.29 bits per heavy atom. The van der Waals surface area contributed by atoms with Crippen LogP contribution in [0.15, 0.2) is 18.6 Å². The first-order valence-corrected chi connectivity index (χ1v) is 3.90. The van der Waals surface area contributed by atoms with Crippen molar-refractivity contribution >= 4 is 28.4 Å².